The van der Waals surface area contributed by atoms with Crippen LogP contribution in [-0.2, 0) is 11.8 Å². The Morgan fingerprint density at radius 1 is 1.29 bits per heavy atom. The Labute approximate surface area is 139 Å². The summed E-state index contributed by atoms with van der Waals surface area (Å²) in [5.41, 5.74) is 0.649. The van der Waals surface area contributed by atoms with Gasteiger partial charge in [-0.3, -0.25) is 14.4 Å². The van der Waals surface area contributed by atoms with Crippen LogP contribution >= 0.6 is 0 Å². The van der Waals surface area contributed by atoms with E-state index >= 15 is 0 Å². The van der Waals surface area contributed by atoms with Gasteiger partial charge in [-0.2, -0.15) is 5.10 Å². The number of carbonyl (C=O) groups is 1. The van der Waals surface area contributed by atoms with E-state index in [4.69, 9.17) is 0 Å². The van der Waals surface area contributed by atoms with E-state index in [2.05, 4.69) is 10.4 Å². The summed E-state index contributed by atoms with van der Waals surface area (Å²) in [6.07, 6.45) is 4.74. The van der Waals surface area contributed by atoms with Gasteiger partial charge in [-0.05, 0) is 37.6 Å². The summed E-state index contributed by atoms with van der Waals surface area (Å²) in [4.78, 5) is 14.3. The van der Waals surface area contributed by atoms with Crippen molar-refractivity contribution < 1.29 is 13.6 Å². The second kappa shape index (κ2) is 7.09. The fraction of sp³-hybridized carbons (Fsp3) is 0.412. The van der Waals surface area contributed by atoms with Crippen molar-refractivity contribution in [1.82, 2.24) is 14.7 Å². The van der Waals surface area contributed by atoms with E-state index in [0.29, 0.717) is 0 Å². The lowest BCUT2D eigenvalue weighted by atomic mass is 9.99. The number of nitrogens with zero attached hydrogens (tertiary/aromatic N) is 3. The molecule has 1 unspecified atom stereocenters. The Morgan fingerprint density at radius 3 is 2.71 bits per heavy atom. The molecule has 1 aromatic carbocycles. The zero-order valence-electron chi connectivity index (χ0n) is 13.5. The largest absolute Gasteiger partial charge is 0.320 e. The van der Waals surface area contributed by atoms with Crippen LogP contribution in [0.3, 0.4) is 0 Å². The minimum absolute atomic E-state index is 0.0856. The van der Waals surface area contributed by atoms with Gasteiger partial charge in [-0.15, -0.1) is 0 Å². The van der Waals surface area contributed by atoms with E-state index in [1.807, 2.05) is 18.0 Å². The number of likely N-dealkylation sites (tertiary alicyclic amines) is 1. The molecule has 0 aliphatic carbocycles. The van der Waals surface area contributed by atoms with Gasteiger partial charge in [0.2, 0.25) is 5.91 Å². The van der Waals surface area contributed by atoms with Gasteiger partial charge in [0.05, 0.1) is 18.3 Å². The molecule has 0 saturated carbocycles. The molecule has 1 saturated heterocycles. The lowest BCUT2D eigenvalue weighted by Gasteiger charge is -2.35. The first-order valence-corrected chi connectivity index (χ1v) is 8.02. The molecule has 0 bridgehead atoms. The summed E-state index contributed by atoms with van der Waals surface area (Å²) in [7, 11) is 1.87. The van der Waals surface area contributed by atoms with Gasteiger partial charge in [0.15, 0.2) is 0 Å². The third-order valence-electron chi connectivity index (χ3n) is 4.39. The van der Waals surface area contributed by atoms with E-state index in [1.54, 1.807) is 10.9 Å². The van der Waals surface area contributed by atoms with E-state index < -0.39 is 23.2 Å². The normalized spacial score (nSPS) is 18.5. The Kier molecular flexibility index (Phi) is 4.89. The second-order valence-corrected chi connectivity index (χ2v) is 6.01. The third-order valence-corrected chi connectivity index (χ3v) is 4.39. The molecule has 2 heterocycles. The highest BCUT2D eigenvalue weighted by molar-refractivity contribution is 5.92. The first-order valence-electron chi connectivity index (χ1n) is 8.02. The van der Waals surface area contributed by atoms with E-state index in [1.165, 1.54) is 6.07 Å². The maximum absolute atomic E-state index is 13.7. The van der Waals surface area contributed by atoms with Crippen molar-refractivity contribution in [2.75, 3.05) is 18.4 Å². The maximum Gasteiger partial charge on any atom is 0.238 e. The van der Waals surface area contributed by atoms with Crippen molar-refractivity contribution in [3.05, 3.63) is 47.8 Å². The fourth-order valence-electron chi connectivity index (χ4n) is 3.21. The summed E-state index contributed by atoms with van der Waals surface area (Å²) in [6, 6.07) is 5.54. The average Bonchev–Trinajstić information content (AvgIpc) is 2.98. The van der Waals surface area contributed by atoms with E-state index in [0.717, 1.165) is 43.6 Å². The molecule has 5 nitrogen and oxygen atoms in total. The number of rotatable bonds is 4. The molecule has 24 heavy (non-hydrogen) atoms. The standard InChI is InChI=1S/C17H20F2N4O/c1-22-14(8-9-20-22)15-7-2-3-10-23(15)11-16(24)21-17-12(18)5-4-6-13(17)19/h4-6,8-9,15H,2-3,7,10-11H2,1H3,(H,21,24). The Morgan fingerprint density at radius 2 is 2.04 bits per heavy atom. The molecule has 3 rings (SSSR count). The zero-order valence-corrected chi connectivity index (χ0v) is 13.5. The average molecular weight is 334 g/mol. The molecule has 128 valence electrons. The third kappa shape index (κ3) is 3.46. The molecule has 2 aromatic rings. The number of amides is 1. The van der Waals surface area contributed by atoms with Gasteiger partial charge < -0.3 is 5.32 Å². The fourth-order valence-corrected chi connectivity index (χ4v) is 3.21. The van der Waals surface area contributed by atoms with E-state index in [-0.39, 0.29) is 12.6 Å². The predicted octanol–water partition coefficient (Wildman–Crippen LogP) is 2.86. The van der Waals surface area contributed by atoms with Crippen molar-refractivity contribution in [2.45, 2.75) is 25.3 Å². The van der Waals surface area contributed by atoms with Gasteiger partial charge in [0.25, 0.3) is 0 Å². The van der Waals surface area contributed by atoms with Gasteiger partial charge >= 0.3 is 0 Å². The topological polar surface area (TPSA) is 50.2 Å². The van der Waals surface area contributed by atoms with Crippen molar-refractivity contribution >= 4 is 11.6 Å². The van der Waals surface area contributed by atoms with Crippen molar-refractivity contribution in [3.63, 3.8) is 0 Å². The monoisotopic (exact) mass is 334 g/mol. The number of piperidine rings is 1. The highest BCUT2D eigenvalue weighted by atomic mass is 19.1. The van der Waals surface area contributed by atoms with Crippen LogP contribution < -0.4 is 5.32 Å². The second-order valence-electron chi connectivity index (χ2n) is 6.01. The molecule has 1 atom stereocenters. The summed E-state index contributed by atoms with van der Waals surface area (Å²) >= 11 is 0. The number of hydrogen-bond acceptors (Lipinski definition) is 3. The molecule has 0 spiro atoms. The molecule has 1 aliphatic rings. The minimum atomic E-state index is -0.773. The number of hydrogen-bond donors (Lipinski definition) is 1. The summed E-state index contributed by atoms with van der Waals surface area (Å²) < 4.78 is 29.1. The molecule has 0 radical (unpaired) electrons. The predicted molar refractivity (Wildman–Crippen MR) is 86.4 cm³/mol. The quantitative estimate of drug-likeness (QED) is 0.935. The molecular weight excluding hydrogens is 314 g/mol. The summed E-state index contributed by atoms with van der Waals surface area (Å²) in [5, 5.41) is 6.54. The van der Waals surface area contributed by atoms with Crippen LogP contribution in [-0.4, -0.2) is 33.7 Å². The Balaban J connectivity index is 1.71. The summed E-state index contributed by atoms with van der Waals surface area (Å²) in [6.45, 7) is 0.854. The van der Waals surface area contributed by atoms with Gasteiger partial charge in [-0.25, -0.2) is 8.78 Å². The number of aromatic nitrogens is 2. The minimum Gasteiger partial charge on any atom is -0.320 e. The van der Waals surface area contributed by atoms with Crippen LogP contribution in [0.15, 0.2) is 30.5 Å². The zero-order chi connectivity index (χ0) is 17.1. The molecule has 1 aliphatic heterocycles. The Bertz CT molecular complexity index is 711. The van der Waals surface area contributed by atoms with Gasteiger partial charge in [0, 0.05) is 13.2 Å². The van der Waals surface area contributed by atoms with Crippen molar-refractivity contribution in [1.29, 1.82) is 0 Å². The van der Waals surface area contributed by atoms with Crippen LogP contribution in [0.1, 0.15) is 31.0 Å². The number of anilines is 1. The number of carbonyl (C=O) groups excluding carboxylic acids is 1. The van der Waals surface area contributed by atoms with Gasteiger partial charge in [0.1, 0.15) is 17.3 Å². The van der Waals surface area contributed by atoms with E-state index in [9.17, 15) is 13.6 Å². The number of halogens is 2. The first-order chi connectivity index (χ1) is 11.6. The van der Waals surface area contributed by atoms with Crippen LogP contribution in [0.5, 0.6) is 0 Å². The van der Waals surface area contributed by atoms with Crippen LogP contribution in [0, 0.1) is 11.6 Å². The van der Waals surface area contributed by atoms with Crippen molar-refractivity contribution in [2.24, 2.45) is 7.05 Å². The SMILES string of the molecule is Cn1nccc1C1CCCCN1CC(=O)Nc1c(F)cccc1F. The summed E-state index contributed by atoms with van der Waals surface area (Å²) in [5.74, 6) is -1.97. The first kappa shape index (κ1) is 16.6. The molecule has 1 N–H and O–H groups in total. The lowest BCUT2D eigenvalue weighted by Crippen LogP contribution is -2.40. The van der Waals surface area contributed by atoms with Crippen LogP contribution in [0.2, 0.25) is 0 Å². The number of benzene rings is 1. The number of nitrogens with one attached hydrogen (secondary N) is 1. The molecule has 1 fully saturated rings. The molecule has 1 amide bonds. The maximum atomic E-state index is 13.7. The number of para-hydroxylation sites is 1. The smallest absolute Gasteiger partial charge is 0.238 e. The Hall–Kier alpha value is -2.28. The van der Waals surface area contributed by atoms with Crippen molar-refractivity contribution in [3.8, 4) is 0 Å². The molecule has 1 aromatic heterocycles. The van der Waals surface area contributed by atoms with Crippen LogP contribution in [0.25, 0.3) is 0 Å². The highest BCUT2D eigenvalue weighted by Crippen LogP contribution is 2.30. The molecular formula is C17H20F2N4O. The lowest BCUT2D eigenvalue weighted by molar-refractivity contribution is -0.118. The van der Waals surface area contributed by atoms with Gasteiger partial charge in [-0.1, -0.05) is 12.5 Å². The van der Waals surface area contributed by atoms with Crippen LogP contribution in [0.4, 0.5) is 14.5 Å². The molecule has 7 heteroatoms. The number of aryl methyl sites for hydroxylation is 1. The highest BCUT2D eigenvalue weighted by Gasteiger charge is 2.28.